The predicted octanol–water partition coefficient (Wildman–Crippen LogP) is 7.00. The van der Waals surface area contributed by atoms with E-state index in [-0.39, 0.29) is 11.3 Å². The summed E-state index contributed by atoms with van der Waals surface area (Å²) in [4.78, 5) is 14.3. The molecule has 1 heterocycles. The molecule has 0 aliphatic carbocycles. The minimum Gasteiger partial charge on any atom is -0.487 e. The second kappa shape index (κ2) is 8.88. The number of thioether (sulfide) groups is 1. The second-order valence-electron chi connectivity index (χ2n) is 6.51. The average Bonchev–Trinajstić information content (AvgIpc) is 3.09. The minimum atomic E-state index is -0.150. The topological polar surface area (TPSA) is 29.5 Å². The normalized spacial score (nSPS) is 16.3. The van der Waals surface area contributed by atoms with Gasteiger partial charge < -0.3 is 4.74 Å². The van der Waals surface area contributed by atoms with Crippen LogP contribution in [0.1, 0.15) is 16.5 Å². The Balaban J connectivity index is 1.53. The molecule has 1 aliphatic rings. The molecule has 1 aliphatic heterocycles. The summed E-state index contributed by atoms with van der Waals surface area (Å²) in [5.41, 5.74) is 2.71. The lowest BCUT2D eigenvalue weighted by atomic mass is 10.1. The zero-order chi connectivity index (χ0) is 20.4. The van der Waals surface area contributed by atoms with E-state index in [1.165, 1.54) is 0 Å². The molecule has 148 valence electrons. The van der Waals surface area contributed by atoms with Gasteiger partial charge >= 0.3 is 0 Å². The Bertz CT molecular complexity index is 1040. The summed E-state index contributed by atoms with van der Waals surface area (Å²) in [6, 6.07) is 20.4. The summed E-state index contributed by atoms with van der Waals surface area (Å²) in [5.74, 6) is 1.06. The third-order valence-electron chi connectivity index (χ3n) is 4.50. The van der Waals surface area contributed by atoms with Crippen molar-refractivity contribution in [1.29, 1.82) is 0 Å². The van der Waals surface area contributed by atoms with Crippen molar-refractivity contribution >= 4 is 58.2 Å². The van der Waals surface area contributed by atoms with E-state index in [4.69, 9.17) is 39.5 Å². The molecule has 1 atom stereocenters. The fraction of sp³-hybridized carbons (Fsp3) is 0.136. The summed E-state index contributed by atoms with van der Waals surface area (Å²) in [6.45, 7) is 0.368. The standard InChI is InChI=1S/C22H16Cl3NO2S/c23-16-5-7-18(8-6-16)26-21(27)13-29-22(26)15-4-9-20(19(25)11-15)28-12-14-2-1-3-17(24)10-14/h1-11,22H,12-13H2/t22-/m0/s1. The van der Waals surface area contributed by atoms with Gasteiger partial charge in [-0.3, -0.25) is 9.69 Å². The maximum atomic E-state index is 12.5. The van der Waals surface area contributed by atoms with Gasteiger partial charge in [0, 0.05) is 15.7 Å². The van der Waals surface area contributed by atoms with Gasteiger partial charge in [-0.1, -0.05) is 53.0 Å². The largest absolute Gasteiger partial charge is 0.487 e. The van der Waals surface area contributed by atoms with Crippen molar-refractivity contribution < 1.29 is 9.53 Å². The quantitative estimate of drug-likeness (QED) is 0.407. The van der Waals surface area contributed by atoms with Crippen molar-refractivity contribution in [3.8, 4) is 5.75 Å². The lowest BCUT2D eigenvalue weighted by Crippen LogP contribution is -2.27. The average molecular weight is 465 g/mol. The zero-order valence-electron chi connectivity index (χ0n) is 15.1. The molecule has 1 fully saturated rings. The minimum absolute atomic E-state index is 0.0553. The number of hydrogen-bond acceptors (Lipinski definition) is 3. The fourth-order valence-corrected chi connectivity index (χ4v) is 4.88. The molecule has 0 bridgehead atoms. The van der Waals surface area contributed by atoms with E-state index in [9.17, 15) is 4.79 Å². The molecule has 0 aromatic heterocycles. The molecule has 0 radical (unpaired) electrons. The van der Waals surface area contributed by atoms with Crippen LogP contribution < -0.4 is 9.64 Å². The molecule has 0 unspecified atom stereocenters. The highest BCUT2D eigenvalue weighted by atomic mass is 35.5. The van der Waals surface area contributed by atoms with Crippen molar-refractivity contribution in [3.63, 3.8) is 0 Å². The predicted molar refractivity (Wildman–Crippen MR) is 121 cm³/mol. The number of amides is 1. The summed E-state index contributed by atoms with van der Waals surface area (Å²) in [6.07, 6.45) is 0. The maximum absolute atomic E-state index is 12.5. The number of carbonyl (C=O) groups is 1. The highest BCUT2D eigenvalue weighted by Gasteiger charge is 2.34. The van der Waals surface area contributed by atoms with Gasteiger partial charge in [0.05, 0.1) is 10.8 Å². The van der Waals surface area contributed by atoms with Crippen LogP contribution in [0.3, 0.4) is 0 Å². The smallest absolute Gasteiger partial charge is 0.238 e. The van der Waals surface area contributed by atoms with Crippen molar-refractivity contribution in [2.45, 2.75) is 12.0 Å². The molecule has 1 saturated heterocycles. The highest BCUT2D eigenvalue weighted by molar-refractivity contribution is 8.00. The Kier molecular flexibility index (Phi) is 6.26. The van der Waals surface area contributed by atoms with Gasteiger partial charge in [-0.2, -0.15) is 0 Å². The van der Waals surface area contributed by atoms with Gasteiger partial charge in [-0.05, 0) is 59.7 Å². The van der Waals surface area contributed by atoms with Gasteiger partial charge in [-0.15, -0.1) is 11.8 Å². The van der Waals surface area contributed by atoms with Crippen molar-refractivity contribution in [1.82, 2.24) is 0 Å². The number of rotatable bonds is 5. The summed E-state index contributed by atoms with van der Waals surface area (Å²) in [7, 11) is 0. The molecule has 29 heavy (non-hydrogen) atoms. The van der Waals surface area contributed by atoms with E-state index in [2.05, 4.69) is 0 Å². The van der Waals surface area contributed by atoms with Crippen LogP contribution in [0.25, 0.3) is 0 Å². The summed E-state index contributed by atoms with van der Waals surface area (Å²) >= 11 is 20.0. The molecule has 3 aromatic rings. The number of hydrogen-bond donors (Lipinski definition) is 0. The molecule has 3 aromatic carbocycles. The van der Waals surface area contributed by atoms with Gasteiger partial charge in [0.2, 0.25) is 5.91 Å². The van der Waals surface area contributed by atoms with Crippen molar-refractivity contribution in [3.05, 3.63) is 92.9 Å². The molecular weight excluding hydrogens is 449 g/mol. The van der Waals surface area contributed by atoms with E-state index < -0.39 is 0 Å². The molecule has 4 rings (SSSR count). The number of nitrogens with zero attached hydrogens (tertiary/aromatic N) is 1. The van der Waals surface area contributed by atoms with Crippen LogP contribution in [0.2, 0.25) is 15.1 Å². The van der Waals surface area contributed by atoms with Crippen LogP contribution in [0.5, 0.6) is 5.75 Å². The Morgan fingerprint density at radius 2 is 1.76 bits per heavy atom. The van der Waals surface area contributed by atoms with Crippen molar-refractivity contribution in [2.75, 3.05) is 10.7 Å². The lowest BCUT2D eigenvalue weighted by Gasteiger charge is -2.25. The molecule has 3 nitrogen and oxygen atoms in total. The Morgan fingerprint density at radius 1 is 0.966 bits per heavy atom. The third-order valence-corrected chi connectivity index (χ3v) is 6.49. The van der Waals surface area contributed by atoms with E-state index in [0.717, 1.165) is 16.8 Å². The summed E-state index contributed by atoms with van der Waals surface area (Å²) in [5, 5.41) is 1.65. The first kappa shape index (κ1) is 20.4. The Morgan fingerprint density at radius 3 is 2.48 bits per heavy atom. The van der Waals surface area contributed by atoms with Crippen LogP contribution in [0, 0.1) is 0 Å². The monoisotopic (exact) mass is 463 g/mol. The van der Waals surface area contributed by atoms with Crippen LogP contribution in [0.15, 0.2) is 66.7 Å². The molecule has 0 N–H and O–H groups in total. The SMILES string of the molecule is O=C1CS[C@@H](c2ccc(OCc3cccc(Cl)c3)c(Cl)c2)N1c1ccc(Cl)cc1. The lowest BCUT2D eigenvalue weighted by molar-refractivity contribution is -0.115. The Labute approximate surface area is 188 Å². The second-order valence-corrected chi connectivity index (χ2v) is 8.86. The van der Waals surface area contributed by atoms with E-state index in [1.807, 2.05) is 54.6 Å². The third kappa shape index (κ3) is 4.67. The van der Waals surface area contributed by atoms with Gasteiger partial charge in [0.1, 0.15) is 17.7 Å². The number of benzene rings is 3. The van der Waals surface area contributed by atoms with Crippen LogP contribution in [0.4, 0.5) is 5.69 Å². The van der Waals surface area contributed by atoms with Crippen LogP contribution >= 0.6 is 46.6 Å². The maximum Gasteiger partial charge on any atom is 0.238 e. The summed E-state index contributed by atoms with van der Waals surface area (Å²) < 4.78 is 5.85. The van der Waals surface area contributed by atoms with Gasteiger partial charge in [0.15, 0.2) is 0 Å². The van der Waals surface area contributed by atoms with E-state index in [1.54, 1.807) is 28.8 Å². The van der Waals surface area contributed by atoms with Crippen LogP contribution in [-0.2, 0) is 11.4 Å². The number of carbonyl (C=O) groups excluding carboxylic acids is 1. The first-order valence-electron chi connectivity index (χ1n) is 8.87. The highest BCUT2D eigenvalue weighted by Crippen LogP contribution is 2.43. The number of ether oxygens (including phenoxy) is 1. The van der Waals surface area contributed by atoms with Crippen LogP contribution in [-0.4, -0.2) is 11.7 Å². The Hall–Kier alpha value is -1.85. The van der Waals surface area contributed by atoms with Crippen molar-refractivity contribution in [2.24, 2.45) is 0 Å². The fourth-order valence-electron chi connectivity index (χ4n) is 3.13. The first-order valence-corrected chi connectivity index (χ1v) is 11.1. The van der Waals surface area contributed by atoms with E-state index in [0.29, 0.717) is 33.2 Å². The van der Waals surface area contributed by atoms with Gasteiger partial charge in [0.25, 0.3) is 0 Å². The molecule has 1 amide bonds. The van der Waals surface area contributed by atoms with E-state index >= 15 is 0 Å². The molecule has 0 saturated carbocycles. The molecular formula is C22H16Cl3NO2S. The zero-order valence-corrected chi connectivity index (χ0v) is 18.2. The number of anilines is 1. The first-order chi connectivity index (χ1) is 14.0. The molecule has 0 spiro atoms. The van der Waals surface area contributed by atoms with Gasteiger partial charge in [-0.25, -0.2) is 0 Å². The number of halogens is 3. The molecule has 7 heteroatoms.